The van der Waals surface area contributed by atoms with E-state index in [2.05, 4.69) is 13.8 Å². The van der Waals surface area contributed by atoms with Crippen LogP contribution in [-0.2, 0) is 11.2 Å². The number of carbonyl (C=O) groups is 1. The van der Waals surface area contributed by atoms with Gasteiger partial charge < -0.3 is 19.1 Å². The number of amides is 1. The molecule has 0 aliphatic rings. The summed E-state index contributed by atoms with van der Waals surface area (Å²) in [5, 5.41) is 0. The van der Waals surface area contributed by atoms with E-state index in [1.165, 1.54) is 0 Å². The highest BCUT2D eigenvalue weighted by Crippen LogP contribution is 2.38. The van der Waals surface area contributed by atoms with Crippen molar-refractivity contribution in [2.24, 2.45) is 5.92 Å². The molecule has 1 amide bonds. The van der Waals surface area contributed by atoms with E-state index in [9.17, 15) is 4.79 Å². The van der Waals surface area contributed by atoms with Crippen molar-refractivity contribution in [3.05, 3.63) is 17.7 Å². The lowest BCUT2D eigenvalue weighted by molar-refractivity contribution is -0.134. The molecule has 1 aromatic carbocycles. The number of ether oxygens (including phenoxy) is 3. The van der Waals surface area contributed by atoms with Crippen LogP contribution in [0.5, 0.6) is 17.2 Å². The summed E-state index contributed by atoms with van der Waals surface area (Å²) in [7, 11) is 6.65. The second-order valence-electron chi connectivity index (χ2n) is 5.56. The van der Waals surface area contributed by atoms with Crippen LogP contribution in [0, 0.1) is 5.92 Å². The number of methoxy groups -OCH3 is 3. The summed E-state index contributed by atoms with van der Waals surface area (Å²) in [6.07, 6.45) is 2.49. The van der Waals surface area contributed by atoms with Crippen molar-refractivity contribution >= 4 is 5.91 Å². The predicted octanol–water partition coefficient (Wildman–Crippen LogP) is 3.15. The second kappa shape index (κ2) is 9.28. The van der Waals surface area contributed by atoms with Crippen LogP contribution in [0.1, 0.15) is 32.3 Å². The van der Waals surface area contributed by atoms with Gasteiger partial charge in [0, 0.05) is 19.5 Å². The molecule has 23 heavy (non-hydrogen) atoms. The molecule has 0 fully saturated rings. The zero-order chi connectivity index (χ0) is 17.4. The van der Waals surface area contributed by atoms with E-state index in [4.69, 9.17) is 14.2 Å². The average Bonchev–Trinajstić information content (AvgIpc) is 2.59. The fourth-order valence-electron chi connectivity index (χ4n) is 2.64. The molecular weight excluding hydrogens is 294 g/mol. The summed E-state index contributed by atoms with van der Waals surface area (Å²) in [6, 6.07) is 3.85. The molecule has 0 bridgehead atoms. The molecule has 5 nitrogen and oxygen atoms in total. The van der Waals surface area contributed by atoms with Crippen LogP contribution in [0.25, 0.3) is 0 Å². The second-order valence-corrected chi connectivity index (χ2v) is 5.56. The monoisotopic (exact) mass is 323 g/mol. The van der Waals surface area contributed by atoms with Crippen molar-refractivity contribution in [1.29, 1.82) is 0 Å². The third-order valence-corrected chi connectivity index (χ3v) is 4.17. The molecule has 0 atom stereocenters. The largest absolute Gasteiger partial charge is 0.493 e. The molecule has 0 aromatic heterocycles. The standard InChI is InChI=1S/C18H29NO4/c1-7-14(8-2)18(20)19(3)10-9-13-11-15(21-4)17(23-6)16(12-13)22-5/h11-12,14H,7-10H2,1-6H3. The lowest BCUT2D eigenvalue weighted by atomic mass is 10.0. The maximum absolute atomic E-state index is 12.3. The highest BCUT2D eigenvalue weighted by atomic mass is 16.5. The number of likely N-dealkylation sites (N-methyl/N-ethyl adjacent to an activating group) is 1. The Morgan fingerprint density at radius 1 is 1.04 bits per heavy atom. The molecular formula is C18H29NO4. The van der Waals surface area contributed by atoms with Crippen LogP contribution in [0.2, 0.25) is 0 Å². The van der Waals surface area contributed by atoms with E-state index in [1.54, 1.807) is 26.2 Å². The van der Waals surface area contributed by atoms with Crippen molar-refractivity contribution in [2.75, 3.05) is 34.9 Å². The fraction of sp³-hybridized carbons (Fsp3) is 0.611. The van der Waals surface area contributed by atoms with Crippen molar-refractivity contribution in [2.45, 2.75) is 33.1 Å². The van der Waals surface area contributed by atoms with Gasteiger partial charge in [-0.1, -0.05) is 13.8 Å². The number of hydrogen-bond acceptors (Lipinski definition) is 4. The summed E-state index contributed by atoms with van der Waals surface area (Å²) in [4.78, 5) is 14.1. The van der Waals surface area contributed by atoms with E-state index < -0.39 is 0 Å². The minimum absolute atomic E-state index is 0.111. The zero-order valence-electron chi connectivity index (χ0n) is 15.1. The molecule has 0 aliphatic heterocycles. The highest BCUT2D eigenvalue weighted by molar-refractivity contribution is 5.78. The van der Waals surface area contributed by atoms with Gasteiger partial charge >= 0.3 is 0 Å². The average molecular weight is 323 g/mol. The number of rotatable bonds is 9. The first-order valence-electron chi connectivity index (χ1n) is 8.06. The SMILES string of the molecule is CCC(CC)C(=O)N(C)CCc1cc(OC)c(OC)c(OC)c1. The van der Waals surface area contributed by atoms with Gasteiger partial charge in [-0.3, -0.25) is 4.79 Å². The molecule has 0 radical (unpaired) electrons. The molecule has 1 aromatic rings. The molecule has 0 unspecified atom stereocenters. The molecule has 0 saturated heterocycles. The molecule has 0 saturated carbocycles. The Balaban J connectivity index is 2.83. The van der Waals surface area contributed by atoms with Crippen molar-refractivity contribution < 1.29 is 19.0 Å². The number of hydrogen-bond donors (Lipinski definition) is 0. The minimum Gasteiger partial charge on any atom is -0.493 e. The van der Waals surface area contributed by atoms with E-state index in [0.717, 1.165) is 24.8 Å². The molecule has 5 heteroatoms. The molecule has 0 heterocycles. The molecule has 1 rings (SSSR count). The molecule has 130 valence electrons. The Kier molecular flexibility index (Phi) is 7.72. The smallest absolute Gasteiger partial charge is 0.225 e. The van der Waals surface area contributed by atoms with Crippen LogP contribution in [0.3, 0.4) is 0 Å². The first-order valence-corrected chi connectivity index (χ1v) is 8.06. The van der Waals surface area contributed by atoms with E-state index in [-0.39, 0.29) is 11.8 Å². The zero-order valence-corrected chi connectivity index (χ0v) is 15.1. The molecule has 0 N–H and O–H groups in total. The van der Waals surface area contributed by atoms with Crippen LogP contribution >= 0.6 is 0 Å². The molecule has 0 spiro atoms. The molecule has 0 aliphatic carbocycles. The van der Waals surface area contributed by atoms with Gasteiger partial charge in [-0.05, 0) is 37.0 Å². The van der Waals surface area contributed by atoms with Crippen LogP contribution < -0.4 is 14.2 Å². The quantitative estimate of drug-likeness (QED) is 0.700. The van der Waals surface area contributed by atoms with Gasteiger partial charge in [0.1, 0.15) is 0 Å². The minimum atomic E-state index is 0.111. The lowest BCUT2D eigenvalue weighted by Crippen LogP contribution is -2.34. The van der Waals surface area contributed by atoms with Crippen molar-refractivity contribution in [3.63, 3.8) is 0 Å². The topological polar surface area (TPSA) is 48.0 Å². The van der Waals surface area contributed by atoms with Gasteiger partial charge in [0.15, 0.2) is 11.5 Å². The van der Waals surface area contributed by atoms with Gasteiger partial charge in [-0.15, -0.1) is 0 Å². The lowest BCUT2D eigenvalue weighted by Gasteiger charge is -2.22. The van der Waals surface area contributed by atoms with Gasteiger partial charge in [0.2, 0.25) is 11.7 Å². The maximum Gasteiger partial charge on any atom is 0.225 e. The first-order chi connectivity index (χ1) is 11.0. The summed E-state index contributed by atoms with van der Waals surface area (Å²) < 4.78 is 16.0. The van der Waals surface area contributed by atoms with Crippen LogP contribution in [0.4, 0.5) is 0 Å². The van der Waals surface area contributed by atoms with E-state index >= 15 is 0 Å². The van der Waals surface area contributed by atoms with Gasteiger partial charge in [0.25, 0.3) is 0 Å². The van der Waals surface area contributed by atoms with E-state index in [1.807, 2.05) is 19.2 Å². The summed E-state index contributed by atoms with van der Waals surface area (Å²) in [6.45, 7) is 4.77. The number of carbonyl (C=O) groups excluding carboxylic acids is 1. The van der Waals surface area contributed by atoms with Gasteiger partial charge in [-0.2, -0.15) is 0 Å². The summed E-state index contributed by atoms with van der Waals surface area (Å²) in [5.41, 5.74) is 1.05. The number of nitrogens with zero attached hydrogens (tertiary/aromatic N) is 1. The number of benzene rings is 1. The Morgan fingerprint density at radius 2 is 1.57 bits per heavy atom. The third kappa shape index (κ3) is 4.78. The van der Waals surface area contributed by atoms with Crippen molar-refractivity contribution in [3.8, 4) is 17.2 Å². The van der Waals surface area contributed by atoms with Crippen molar-refractivity contribution in [1.82, 2.24) is 4.90 Å². The van der Waals surface area contributed by atoms with Crippen LogP contribution in [0.15, 0.2) is 12.1 Å². The predicted molar refractivity (Wildman–Crippen MR) is 91.5 cm³/mol. The maximum atomic E-state index is 12.3. The normalized spacial score (nSPS) is 10.6. The Bertz CT molecular complexity index is 487. The summed E-state index contributed by atoms with van der Waals surface area (Å²) >= 11 is 0. The highest BCUT2D eigenvalue weighted by Gasteiger charge is 2.19. The Labute approximate surface area is 139 Å². The van der Waals surface area contributed by atoms with Crippen LogP contribution in [-0.4, -0.2) is 45.7 Å². The third-order valence-electron chi connectivity index (χ3n) is 4.17. The van der Waals surface area contributed by atoms with E-state index in [0.29, 0.717) is 23.8 Å². The fourth-order valence-corrected chi connectivity index (χ4v) is 2.64. The first kappa shape index (κ1) is 19.1. The Hall–Kier alpha value is -1.91. The van der Waals surface area contributed by atoms with Gasteiger partial charge in [0.05, 0.1) is 21.3 Å². The summed E-state index contributed by atoms with van der Waals surface area (Å²) in [5.74, 6) is 2.18. The Morgan fingerprint density at radius 3 is 1.96 bits per heavy atom. The van der Waals surface area contributed by atoms with Gasteiger partial charge in [-0.25, -0.2) is 0 Å².